The monoisotopic (exact) mass is 388 g/mol. The van der Waals surface area contributed by atoms with E-state index in [0.717, 1.165) is 25.9 Å². The Morgan fingerprint density at radius 1 is 0.963 bits per heavy atom. The minimum absolute atomic E-state index is 0.00330. The normalized spacial score (nSPS) is 13.4. The van der Waals surface area contributed by atoms with Gasteiger partial charge >= 0.3 is 0 Å². The predicted octanol–water partition coefficient (Wildman–Crippen LogP) is 3.85. The van der Waals surface area contributed by atoms with Gasteiger partial charge in [-0.05, 0) is 37.1 Å². The highest BCUT2D eigenvalue weighted by Crippen LogP contribution is 2.36. The summed E-state index contributed by atoms with van der Waals surface area (Å²) in [7, 11) is 2.99. The number of likely N-dealkylation sites (tertiary alicyclic amines) is 1. The first kappa shape index (κ1) is 19.0. The van der Waals surface area contributed by atoms with Gasteiger partial charge in [0.2, 0.25) is 0 Å². The zero-order valence-electron chi connectivity index (χ0n) is 15.3. The first-order valence-corrected chi connectivity index (χ1v) is 9.03. The lowest BCUT2D eigenvalue weighted by atomic mass is 10.1. The van der Waals surface area contributed by atoms with Crippen LogP contribution in [0.25, 0.3) is 0 Å². The summed E-state index contributed by atoms with van der Waals surface area (Å²) in [6, 6.07) is 9.80. The van der Waals surface area contributed by atoms with E-state index >= 15 is 0 Å². The fourth-order valence-electron chi connectivity index (χ4n) is 3.02. The van der Waals surface area contributed by atoms with Crippen LogP contribution in [0.3, 0.4) is 0 Å². The van der Waals surface area contributed by atoms with Crippen molar-refractivity contribution >= 4 is 29.1 Å². The number of carbonyl (C=O) groups is 2. The number of hydrogen-bond acceptors (Lipinski definition) is 4. The molecule has 3 rings (SSSR count). The maximum absolute atomic E-state index is 12.6. The van der Waals surface area contributed by atoms with Crippen molar-refractivity contribution in [3.63, 3.8) is 0 Å². The standard InChI is InChI=1S/C20H21ClN2O4/c1-26-17-12-16(18(27-2)11-15(17)21)22-19(24)13-5-7-14(8-6-13)20(25)23-9-3-4-10-23/h5-8,11-12H,3-4,9-10H2,1-2H3,(H,22,24). The minimum Gasteiger partial charge on any atom is -0.495 e. The van der Waals surface area contributed by atoms with E-state index in [2.05, 4.69) is 5.32 Å². The van der Waals surface area contributed by atoms with E-state index in [-0.39, 0.29) is 11.8 Å². The Morgan fingerprint density at radius 3 is 2.15 bits per heavy atom. The van der Waals surface area contributed by atoms with Gasteiger partial charge in [-0.15, -0.1) is 0 Å². The molecule has 1 fully saturated rings. The third-order valence-electron chi connectivity index (χ3n) is 4.51. The molecule has 0 aromatic heterocycles. The van der Waals surface area contributed by atoms with Crippen LogP contribution in [0, 0.1) is 0 Å². The third-order valence-corrected chi connectivity index (χ3v) is 4.80. The van der Waals surface area contributed by atoms with Crippen molar-refractivity contribution in [3.05, 3.63) is 52.5 Å². The van der Waals surface area contributed by atoms with E-state index in [9.17, 15) is 9.59 Å². The Morgan fingerprint density at radius 2 is 1.56 bits per heavy atom. The molecule has 1 heterocycles. The van der Waals surface area contributed by atoms with Gasteiger partial charge in [0.1, 0.15) is 11.5 Å². The molecule has 6 nitrogen and oxygen atoms in total. The second-order valence-corrected chi connectivity index (χ2v) is 6.63. The van der Waals surface area contributed by atoms with Crippen molar-refractivity contribution in [1.29, 1.82) is 0 Å². The van der Waals surface area contributed by atoms with Crippen molar-refractivity contribution in [2.45, 2.75) is 12.8 Å². The quantitative estimate of drug-likeness (QED) is 0.844. The Balaban J connectivity index is 1.75. The van der Waals surface area contributed by atoms with Crippen LogP contribution in [0.15, 0.2) is 36.4 Å². The number of hydrogen-bond donors (Lipinski definition) is 1. The molecule has 0 aliphatic carbocycles. The van der Waals surface area contributed by atoms with Crippen LogP contribution in [0.5, 0.6) is 11.5 Å². The Bertz CT molecular complexity index is 846. The summed E-state index contributed by atoms with van der Waals surface area (Å²) in [5, 5.41) is 3.17. The summed E-state index contributed by atoms with van der Waals surface area (Å²) in [6.45, 7) is 1.58. The van der Waals surface area contributed by atoms with Gasteiger partial charge in [0, 0.05) is 36.3 Å². The first-order chi connectivity index (χ1) is 13.0. The van der Waals surface area contributed by atoms with E-state index in [1.807, 2.05) is 4.90 Å². The fraction of sp³-hybridized carbons (Fsp3) is 0.300. The molecule has 27 heavy (non-hydrogen) atoms. The van der Waals surface area contributed by atoms with Crippen LogP contribution in [-0.2, 0) is 0 Å². The zero-order chi connectivity index (χ0) is 19.4. The number of rotatable bonds is 5. The van der Waals surface area contributed by atoms with Gasteiger partial charge in [-0.3, -0.25) is 9.59 Å². The summed E-state index contributed by atoms with van der Waals surface area (Å²) >= 11 is 6.08. The molecular weight excluding hydrogens is 368 g/mol. The molecule has 2 aromatic carbocycles. The smallest absolute Gasteiger partial charge is 0.255 e. The van der Waals surface area contributed by atoms with Crippen molar-refractivity contribution in [2.75, 3.05) is 32.6 Å². The average molecular weight is 389 g/mol. The molecule has 0 atom stereocenters. The van der Waals surface area contributed by atoms with Gasteiger partial charge < -0.3 is 19.7 Å². The molecule has 0 saturated carbocycles. The summed E-state index contributed by atoms with van der Waals surface area (Å²) in [6.07, 6.45) is 2.08. The zero-order valence-corrected chi connectivity index (χ0v) is 16.0. The lowest BCUT2D eigenvalue weighted by molar-refractivity contribution is 0.0792. The summed E-state index contributed by atoms with van der Waals surface area (Å²) < 4.78 is 10.4. The highest BCUT2D eigenvalue weighted by atomic mass is 35.5. The van der Waals surface area contributed by atoms with Crippen LogP contribution >= 0.6 is 11.6 Å². The van der Waals surface area contributed by atoms with Crippen LogP contribution in [-0.4, -0.2) is 44.0 Å². The molecule has 0 bridgehead atoms. The molecule has 0 spiro atoms. The number of methoxy groups -OCH3 is 2. The maximum atomic E-state index is 12.6. The maximum Gasteiger partial charge on any atom is 0.255 e. The van der Waals surface area contributed by atoms with Gasteiger partial charge in [-0.1, -0.05) is 11.6 Å². The van der Waals surface area contributed by atoms with E-state index < -0.39 is 0 Å². The molecule has 1 aliphatic rings. The van der Waals surface area contributed by atoms with Gasteiger partial charge in [0.25, 0.3) is 11.8 Å². The SMILES string of the molecule is COc1cc(NC(=O)c2ccc(C(=O)N3CCCC3)cc2)c(OC)cc1Cl. The van der Waals surface area contributed by atoms with Crippen LogP contribution < -0.4 is 14.8 Å². The second kappa shape index (κ2) is 8.31. The number of anilines is 1. The van der Waals surface area contributed by atoms with Crippen molar-refractivity contribution < 1.29 is 19.1 Å². The minimum atomic E-state index is -0.321. The van der Waals surface area contributed by atoms with Crippen LogP contribution in [0.4, 0.5) is 5.69 Å². The Hall–Kier alpha value is -2.73. The van der Waals surface area contributed by atoms with E-state index in [1.54, 1.807) is 36.4 Å². The van der Waals surface area contributed by atoms with Gasteiger partial charge in [0.15, 0.2) is 0 Å². The highest BCUT2D eigenvalue weighted by molar-refractivity contribution is 6.32. The number of ether oxygens (including phenoxy) is 2. The third kappa shape index (κ3) is 4.17. The second-order valence-electron chi connectivity index (χ2n) is 6.22. The topological polar surface area (TPSA) is 67.9 Å². The number of benzene rings is 2. The van der Waals surface area contributed by atoms with Gasteiger partial charge in [-0.25, -0.2) is 0 Å². The van der Waals surface area contributed by atoms with Gasteiger partial charge in [0.05, 0.1) is 24.9 Å². The van der Waals surface area contributed by atoms with Crippen molar-refractivity contribution in [2.24, 2.45) is 0 Å². The fourth-order valence-corrected chi connectivity index (χ4v) is 3.25. The number of halogens is 1. The first-order valence-electron chi connectivity index (χ1n) is 8.65. The average Bonchev–Trinajstić information content (AvgIpc) is 3.23. The number of carbonyl (C=O) groups excluding carboxylic acids is 2. The van der Waals surface area contributed by atoms with Crippen molar-refractivity contribution in [1.82, 2.24) is 4.90 Å². The molecule has 2 aromatic rings. The Kier molecular flexibility index (Phi) is 5.86. The van der Waals surface area contributed by atoms with Crippen LogP contribution in [0.2, 0.25) is 5.02 Å². The molecular formula is C20H21ClN2O4. The summed E-state index contributed by atoms with van der Waals surface area (Å²) in [5.41, 5.74) is 1.46. The number of nitrogens with one attached hydrogen (secondary N) is 1. The van der Waals surface area contributed by atoms with E-state index in [0.29, 0.717) is 33.3 Å². The van der Waals surface area contributed by atoms with E-state index in [4.69, 9.17) is 21.1 Å². The molecule has 1 N–H and O–H groups in total. The largest absolute Gasteiger partial charge is 0.495 e. The van der Waals surface area contributed by atoms with E-state index in [1.165, 1.54) is 14.2 Å². The molecule has 1 saturated heterocycles. The Labute approximate surface area is 163 Å². The van der Waals surface area contributed by atoms with Crippen molar-refractivity contribution in [3.8, 4) is 11.5 Å². The molecule has 142 valence electrons. The molecule has 0 radical (unpaired) electrons. The van der Waals surface area contributed by atoms with Gasteiger partial charge in [-0.2, -0.15) is 0 Å². The molecule has 1 aliphatic heterocycles. The molecule has 2 amide bonds. The molecule has 7 heteroatoms. The predicted molar refractivity (Wildman–Crippen MR) is 104 cm³/mol. The lowest BCUT2D eigenvalue weighted by Gasteiger charge is -2.15. The number of nitrogens with zero attached hydrogens (tertiary/aromatic N) is 1. The highest BCUT2D eigenvalue weighted by Gasteiger charge is 2.20. The lowest BCUT2D eigenvalue weighted by Crippen LogP contribution is -2.27. The summed E-state index contributed by atoms with van der Waals surface area (Å²) in [5.74, 6) is 0.538. The summed E-state index contributed by atoms with van der Waals surface area (Å²) in [4.78, 5) is 26.8. The number of amides is 2. The molecule has 0 unspecified atom stereocenters. The van der Waals surface area contributed by atoms with Crippen LogP contribution in [0.1, 0.15) is 33.6 Å².